The predicted molar refractivity (Wildman–Crippen MR) is 122 cm³/mol. The van der Waals surface area contributed by atoms with Crippen LogP contribution in [0.1, 0.15) is 37.4 Å². The average Bonchev–Trinajstić information content (AvgIpc) is 3.37. The van der Waals surface area contributed by atoms with Crippen molar-refractivity contribution in [3.63, 3.8) is 0 Å². The monoisotopic (exact) mass is 440 g/mol. The van der Waals surface area contributed by atoms with Crippen molar-refractivity contribution in [3.05, 3.63) is 77.5 Å². The van der Waals surface area contributed by atoms with Gasteiger partial charge in [0.1, 0.15) is 11.8 Å². The van der Waals surface area contributed by atoms with Crippen molar-refractivity contribution in [1.82, 2.24) is 10.3 Å². The summed E-state index contributed by atoms with van der Waals surface area (Å²) in [4.78, 5) is 18.5. The minimum absolute atomic E-state index is 0.0910. The molecule has 1 saturated heterocycles. The number of anilines is 2. The fourth-order valence-electron chi connectivity index (χ4n) is 3.41. The van der Waals surface area contributed by atoms with Crippen LogP contribution in [0.3, 0.4) is 0 Å². The number of halogens is 1. The number of furan rings is 1. The molecule has 30 heavy (non-hydrogen) atoms. The highest BCUT2D eigenvalue weighted by Crippen LogP contribution is 2.42. The van der Waals surface area contributed by atoms with Gasteiger partial charge in [-0.1, -0.05) is 31.5 Å². The van der Waals surface area contributed by atoms with Gasteiger partial charge in [0.2, 0.25) is 5.91 Å². The van der Waals surface area contributed by atoms with Gasteiger partial charge in [-0.3, -0.25) is 9.78 Å². The number of thiocarbonyl (C=S) groups is 1. The second kappa shape index (κ2) is 8.45. The van der Waals surface area contributed by atoms with E-state index in [9.17, 15) is 4.79 Å². The van der Waals surface area contributed by atoms with E-state index >= 15 is 0 Å². The molecule has 3 aromatic rings. The predicted octanol–water partition coefficient (Wildman–Crippen LogP) is 5.10. The highest BCUT2D eigenvalue weighted by molar-refractivity contribution is 7.80. The maximum Gasteiger partial charge on any atom is 0.226 e. The lowest BCUT2D eigenvalue weighted by Crippen LogP contribution is -2.29. The molecule has 8 heteroatoms. The van der Waals surface area contributed by atoms with E-state index in [-0.39, 0.29) is 23.9 Å². The Kier molecular flexibility index (Phi) is 5.74. The number of carbonyl (C=O) groups excluding carboxylic acids is 1. The Balaban J connectivity index is 1.71. The molecule has 1 amide bonds. The number of rotatable bonds is 5. The van der Waals surface area contributed by atoms with Gasteiger partial charge in [0.25, 0.3) is 0 Å². The summed E-state index contributed by atoms with van der Waals surface area (Å²) < 4.78 is 5.74. The summed E-state index contributed by atoms with van der Waals surface area (Å²) in [6.07, 6.45) is 3.40. The standard InChI is InChI=1S/C22H21ClN4O2S/c1-13(2)21(28)25-16-9-8-14(12-15(16)23)27-20(18-7-5-11-29-18)19(26-22(27)30)17-6-3-4-10-24-17/h3-13,19-20H,1-2H3,(H,25,28)(H,26,30)/t19-,20-/m1/s1. The van der Waals surface area contributed by atoms with E-state index in [1.165, 1.54) is 0 Å². The Hall–Kier alpha value is -2.90. The summed E-state index contributed by atoms with van der Waals surface area (Å²) in [5.41, 5.74) is 2.21. The number of nitrogens with one attached hydrogen (secondary N) is 2. The molecule has 2 aromatic heterocycles. The fraction of sp³-hybridized carbons (Fsp3) is 0.227. The molecule has 1 aliphatic heterocycles. The van der Waals surface area contributed by atoms with Gasteiger partial charge in [0.05, 0.1) is 28.7 Å². The lowest BCUT2D eigenvalue weighted by atomic mass is 10.0. The quantitative estimate of drug-likeness (QED) is 0.538. The zero-order valence-electron chi connectivity index (χ0n) is 16.5. The van der Waals surface area contributed by atoms with E-state index in [0.717, 1.165) is 17.1 Å². The van der Waals surface area contributed by atoms with Crippen molar-refractivity contribution in [1.29, 1.82) is 0 Å². The molecule has 0 bridgehead atoms. The Labute approximate surface area is 185 Å². The number of amides is 1. The first-order valence-corrected chi connectivity index (χ1v) is 10.4. The molecule has 1 aromatic carbocycles. The lowest BCUT2D eigenvalue weighted by molar-refractivity contribution is -0.118. The van der Waals surface area contributed by atoms with Crippen molar-refractivity contribution in [2.75, 3.05) is 10.2 Å². The highest BCUT2D eigenvalue weighted by Gasteiger charge is 2.42. The number of nitrogens with zero attached hydrogens (tertiary/aromatic N) is 2. The van der Waals surface area contributed by atoms with E-state index < -0.39 is 0 Å². The molecule has 6 nitrogen and oxygen atoms in total. The van der Waals surface area contributed by atoms with Crippen LogP contribution in [0.2, 0.25) is 5.02 Å². The number of aromatic nitrogens is 1. The summed E-state index contributed by atoms with van der Waals surface area (Å²) in [5.74, 6) is 0.525. The van der Waals surface area contributed by atoms with Gasteiger partial charge < -0.3 is 20.0 Å². The van der Waals surface area contributed by atoms with Crippen LogP contribution in [0, 0.1) is 5.92 Å². The van der Waals surface area contributed by atoms with Gasteiger partial charge in [-0.05, 0) is 54.7 Å². The fourth-order valence-corrected chi connectivity index (χ4v) is 3.98. The normalized spacial score (nSPS) is 18.5. The summed E-state index contributed by atoms with van der Waals surface area (Å²) in [6.45, 7) is 3.66. The maximum atomic E-state index is 12.0. The van der Waals surface area contributed by atoms with E-state index in [1.807, 2.05) is 55.1 Å². The number of pyridine rings is 1. The smallest absolute Gasteiger partial charge is 0.226 e. The molecule has 1 fully saturated rings. The van der Waals surface area contributed by atoms with Crippen LogP contribution in [0.4, 0.5) is 11.4 Å². The van der Waals surface area contributed by atoms with Crippen LogP contribution >= 0.6 is 23.8 Å². The molecule has 0 aliphatic carbocycles. The van der Waals surface area contributed by atoms with Crippen molar-refractivity contribution in [2.45, 2.75) is 25.9 Å². The van der Waals surface area contributed by atoms with Gasteiger partial charge in [0, 0.05) is 17.8 Å². The minimum atomic E-state index is -0.241. The molecule has 0 radical (unpaired) electrons. The van der Waals surface area contributed by atoms with Crippen LogP contribution in [0.5, 0.6) is 0 Å². The molecule has 2 atom stereocenters. The highest BCUT2D eigenvalue weighted by atomic mass is 35.5. The number of hydrogen-bond donors (Lipinski definition) is 2. The third-order valence-corrected chi connectivity index (χ3v) is 5.57. The van der Waals surface area contributed by atoms with Gasteiger partial charge in [-0.25, -0.2) is 0 Å². The van der Waals surface area contributed by atoms with Crippen LogP contribution in [-0.2, 0) is 4.79 Å². The Morgan fingerprint density at radius 3 is 2.73 bits per heavy atom. The van der Waals surface area contributed by atoms with Crippen LogP contribution < -0.4 is 15.5 Å². The van der Waals surface area contributed by atoms with Crippen LogP contribution in [0.25, 0.3) is 0 Å². The maximum absolute atomic E-state index is 12.0. The second-order valence-electron chi connectivity index (χ2n) is 7.32. The van der Waals surface area contributed by atoms with Crippen molar-refractivity contribution in [3.8, 4) is 0 Å². The summed E-state index contributed by atoms with van der Waals surface area (Å²) >= 11 is 12.2. The number of carbonyl (C=O) groups is 1. The zero-order chi connectivity index (χ0) is 21.3. The van der Waals surface area contributed by atoms with Gasteiger partial charge in [0.15, 0.2) is 5.11 Å². The van der Waals surface area contributed by atoms with Crippen LogP contribution in [-0.4, -0.2) is 16.0 Å². The Morgan fingerprint density at radius 2 is 2.10 bits per heavy atom. The first kappa shape index (κ1) is 20.4. The van der Waals surface area contributed by atoms with E-state index in [2.05, 4.69) is 15.6 Å². The summed E-state index contributed by atoms with van der Waals surface area (Å²) in [5, 5.41) is 7.18. The van der Waals surface area contributed by atoms with Crippen molar-refractivity contribution < 1.29 is 9.21 Å². The van der Waals surface area contributed by atoms with Crippen molar-refractivity contribution >= 4 is 46.2 Å². The Bertz CT molecular complexity index is 1060. The molecule has 0 saturated carbocycles. The molecular weight excluding hydrogens is 420 g/mol. The third-order valence-electron chi connectivity index (χ3n) is 4.95. The van der Waals surface area contributed by atoms with Crippen molar-refractivity contribution in [2.24, 2.45) is 5.92 Å². The first-order chi connectivity index (χ1) is 14.5. The van der Waals surface area contributed by atoms with E-state index in [4.69, 9.17) is 28.2 Å². The molecule has 154 valence electrons. The van der Waals surface area contributed by atoms with E-state index in [0.29, 0.717) is 15.8 Å². The first-order valence-electron chi connectivity index (χ1n) is 9.60. The summed E-state index contributed by atoms with van der Waals surface area (Å²) in [6, 6.07) is 14.6. The van der Waals surface area contributed by atoms with Gasteiger partial charge in [-0.2, -0.15) is 0 Å². The molecular formula is C22H21ClN4O2S. The minimum Gasteiger partial charge on any atom is -0.467 e. The topological polar surface area (TPSA) is 70.4 Å². The molecule has 4 rings (SSSR count). The summed E-state index contributed by atoms with van der Waals surface area (Å²) in [7, 11) is 0. The number of benzene rings is 1. The SMILES string of the molecule is CC(C)C(=O)Nc1ccc(N2C(=S)N[C@H](c3ccccn3)[C@H]2c2ccco2)cc1Cl. The second-order valence-corrected chi connectivity index (χ2v) is 8.11. The largest absolute Gasteiger partial charge is 0.467 e. The number of hydrogen-bond acceptors (Lipinski definition) is 4. The molecule has 0 unspecified atom stereocenters. The van der Waals surface area contributed by atoms with E-state index in [1.54, 1.807) is 24.6 Å². The van der Waals surface area contributed by atoms with Gasteiger partial charge >= 0.3 is 0 Å². The molecule has 1 aliphatic rings. The van der Waals surface area contributed by atoms with Gasteiger partial charge in [-0.15, -0.1) is 0 Å². The zero-order valence-corrected chi connectivity index (χ0v) is 18.1. The lowest BCUT2D eigenvalue weighted by Gasteiger charge is -2.26. The Morgan fingerprint density at radius 1 is 1.27 bits per heavy atom. The molecule has 0 spiro atoms. The third kappa shape index (κ3) is 3.91. The van der Waals surface area contributed by atoms with Crippen LogP contribution in [0.15, 0.2) is 65.4 Å². The molecule has 2 N–H and O–H groups in total. The average molecular weight is 441 g/mol. The molecule has 3 heterocycles.